The van der Waals surface area contributed by atoms with E-state index in [4.69, 9.17) is 0 Å². The van der Waals surface area contributed by atoms with Crippen molar-refractivity contribution in [3.63, 3.8) is 0 Å². The molecule has 0 aliphatic carbocycles. The number of sulfonamides is 1. The second kappa shape index (κ2) is 7.03. The highest BCUT2D eigenvalue weighted by Crippen LogP contribution is 2.19. The molecule has 20 heavy (non-hydrogen) atoms. The van der Waals surface area contributed by atoms with Crippen LogP contribution in [0.3, 0.4) is 0 Å². The minimum absolute atomic E-state index is 0.00756. The quantitative estimate of drug-likeness (QED) is 0.608. The van der Waals surface area contributed by atoms with Crippen molar-refractivity contribution < 1.29 is 18.0 Å². The third-order valence-corrected chi connectivity index (χ3v) is 4.68. The minimum Gasteiger partial charge on any atom is -0.354 e. The van der Waals surface area contributed by atoms with Gasteiger partial charge in [-0.25, -0.2) is 13.1 Å². The molecule has 1 unspecified atom stereocenters. The lowest BCUT2D eigenvalue weighted by molar-refractivity contribution is -0.129. The van der Waals surface area contributed by atoms with Crippen molar-refractivity contribution in [2.24, 2.45) is 5.92 Å². The van der Waals surface area contributed by atoms with Gasteiger partial charge in [-0.15, -0.1) is 0 Å². The van der Waals surface area contributed by atoms with Crippen molar-refractivity contribution in [2.45, 2.75) is 33.2 Å². The molecule has 1 rings (SSSR count). The van der Waals surface area contributed by atoms with Gasteiger partial charge < -0.3 is 10.2 Å². The fraction of sp³-hybridized carbons (Fsp3) is 0.833. The topological polar surface area (TPSA) is 95.6 Å². The maximum Gasteiger partial charge on any atom is 0.225 e. The summed E-state index contributed by atoms with van der Waals surface area (Å²) in [6, 6.07) is 0.0941. The molecule has 1 saturated heterocycles. The number of nitrogens with zero attached hydrogens (tertiary/aromatic N) is 1. The summed E-state index contributed by atoms with van der Waals surface area (Å²) in [5, 5.41) is 2.66. The molecule has 2 amide bonds. The van der Waals surface area contributed by atoms with E-state index in [0.717, 1.165) is 0 Å². The Morgan fingerprint density at radius 1 is 1.40 bits per heavy atom. The van der Waals surface area contributed by atoms with Gasteiger partial charge in [0.05, 0.1) is 11.7 Å². The summed E-state index contributed by atoms with van der Waals surface area (Å²) in [6.45, 7) is 6.20. The molecule has 0 aromatic rings. The molecular weight excluding hydrogens is 282 g/mol. The lowest BCUT2D eigenvalue weighted by atomic mass is 10.1. The fourth-order valence-corrected chi connectivity index (χ4v) is 2.66. The van der Waals surface area contributed by atoms with E-state index in [1.807, 2.05) is 13.8 Å². The molecule has 0 bridgehead atoms. The van der Waals surface area contributed by atoms with E-state index in [2.05, 4.69) is 10.0 Å². The summed E-state index contributed by atoms with van der Waals surface area (Å²) in [4.78, 5) is 25.3. The number of rotatable bonds is 7. The van der Waals surface area contributed by atoms with Gasteiger partial charge in [0, 0.05) is 32.1 Å². The highest BCUT2D eigenvalue weighted by Gasteiger charge is 2.35. The Morgan fingerprint density at radius 2 is 2.05 bits per heavy atom. The largest absolute Gasteiger partial charge is 0.354 e. The van der Waals surface area contributed by atoms with Gasteiger partial charge >= 0.3 is 0 Å². The van der Waals surface area contributed by atoms with Gasteiger partial charge in [-0.2, -0.15) is 0 Å². The van der Waals surface area contributed by atoms with E-state index in [9.17, 15) is 18.0 Å². The first kappa shape index (κ1) is 16.9. The van der Waals surface area contributed by atoms with E-state index in [1.54, 1.807) is 11.8 Å². The number of carbonyl (C=O) groups excluding carboxylic acids is 2. The third kappa shape index (κ3) is 4.75. The predicted molar refractivity (Wildman–Crippen MR) is 75.4 cm³/mol. The molecule has 8 heteroatoms. The first-order valence-corrected chi connectivity index (χ1v) is 8.46. The van der Waals surface area contributed by atoms with Crippen LogP contribution in [-0.2, 0) is 19.6 Å². The number of amides is 2. The SMILES string of the molecule is CCS(=O)(=O)NCCNC(=O)C1CC(=O)N(C(C)C)C1. The van der Waals surface area contributed by atoms with E-state index in [-0.39, 0.29) is 49.0 Å². The summed E-state index contributed by atoms with van der Waals surface area (Å²) < 4.78 is 24.7. The van der Waals surface area contributed by atoms with Crippen LogP contribution in [0, 0.1) is 5.92 Å². The molecule has 2 N–H and O–H groups in total. The maximum atomic E-state index is 11.9. The zero-order chi connectivity index (χ0) is 15.3. The average molecular weight is 305 g/mol. The van der Waals surface area contributed by atoms with Crippen molar-refractivity contribution in [1.29, 1.82) is 0 Å². The van der Waals surface area contributed by atoms with Crippen LogP contribution < -0.4 is 10.0 Å². The third-order valence-electron chi connectivity index (χ3n) is 3.28. The number of hydrogen-bond acceptors (Lipinski definition) is 4. The lowest BCUT2D eigenvalue weighted by Gasteiger charge is -2.20. The van der Waals surface area contributed by atoms with Crippen molar-refractivity contribution in [3.05, 3.63) is 0 Å². The molecule has 1 aliphatic rings. The highest BCUT2D eigenvalue weighted by atomic mass is 32.2. The van der Waals surface area contributed by atoms with Crippen molar-refractivity contribution in [3.8, 4) is 0 Å². The molecule has 1 heterocycles. The minimum atomic E-state index is -3.23. The predicted octanol–water partition coefficient (Wildman–Crippen LogP) is -0.701. The second-order valence-electron chi connectivity index (χ2n) is 5.13. The van der Waals surface area contributed by atoms with Crippen LogP contribution >= 0.6 is 0 Å². The number of likely N-dealkylation sites (tertiary alicyclic amines) is 1. The van der Waals surface area contributed by atoms with Gasteiger partial charge in [0.1, 0.15) is 0 Å². The molecule has 0 spiro atoms. The smallest absolute Gasteiger partial charge is 0.225 e. The van der Waals surface area contributed by atoms with E-state index < -0.39 is 10.0 Å². The summed E-state index contributed by atoms with van der Waals surface area (Å²) in [6.07, 6.45) is 0.227. The molecule has 1 aliphatic heterocycles. The first-order chi connectivity index (χ1) is 9.26. The Morgan fingerprint density at radius 3 is 2.55 bits per heavy atom. The molecule has 7 nitrogen and oxygen atoms in total. The van der Waals surface area contributed by atoms with Crippen molar-refractivity contribution >= 4 is 21.8 Å². The zero-order valence-corrected chi connectivity index (χ0v) is 13.0. The van der Waals surface area contributed by atoms with Gasteiger partial charge in [0.15, 0.2) is 0 Å². The maximum absolute atomic E-state index is 11.9. The van der Waals surface area contributed by atoms with E-state index >= 15 is 0 Å². The normalized spacial score (nSPS) is 19.7. The van der Waals surface area contributed by atoms with Gasteiger partial charge in [0.2, 0.25) is 21.8 Å². The fourth-order valence-electron chi connectivity index (χ4n) is 2.04. The molecular formula is C12H23N3O4S. The molecule has 116 valence electrons. The monoisotopic (exact) mass is 305 g/mol. The van der Waals surface area contributed by atoms with Crippen LogP contribution in [0.15, 0.2) is 0 Å². The highest BCUT2D eigenvalue weighted by molar-refractivity contribution is 7.89. The van der Waals surface area contributed by atoms with Gasteiger partial charge in [0.25, 0.3) is 0 Å². The first-order valence-electron chi connectivity index (χ1n) is 6.81. The van der Waals surface area contributed by atoms with Crippen LogP contribution in [0.1, 0.15) is 27.2 Å². The van der Waals surface area contributed by atoms with Crippen LogP contribution in [0.4, 0.5) is 0 Å². The van der Waals surface area contributed by atoms with E-state index in [1.165, 1.54) is 0 Å². The van der Waals surface area contributed by atoms with Crippen LogP contribution in [0.5, 0.6) is 0 Å². The van der Waals surface area contributed by atoms with Gasteiger partial charge in [-0.1, -0.05) is 0 Å². The molecule has 0 aromatic carbocycles. The molecule has 0 radical (unpaired) electrons. The zero-order valence-electron chi connectivity index (χ0n) is 12.2. The average Bonchev–Trinajstić information content (AvgIpc) is 2.77. The van der Waals surface area contributed by atoms with Gasteiger partial charge in [-0.3, -0.25) is 9.59 Å². The number of carbonyl (C=O) groups is 2. The van der Waals surface area contributed by atoms with Crippen LogP contribution in [0.2, 0.25) is 0 Å². The summed E-state index contributed by atoms with van der Waals surface area (Å²) in [5.74, 6) is -0.529. The van der Waals surface area contributed by atoms with E-state index in [0.29, 0.717) is 6.54 Å². The summed E-state index contributed by atoms with van der Waals surface area (Å²) >= 11 is 0. The number of nitrogens with one attached hydrogen (secondary N) is 2. The molecule has 0 saturated carbocycles. The van der Waals surface area contributed by atoms with Crippen molar-refractivity contribution in [2.75, 3.05) is 25.4 Å². The Labute approximate surface area is 120 Å². The lowest BCUT2D eigenvalue weighted by Crippen LogP contribution is -2.39. The summed E-state index contributed by atoms with van der Waals surface area (Å²) in [7, 11) is -3.23. The Hall–Kier alpha value is -1.15. The van der Waals surface area contributed by atoms with Crippen molar-refractivity contribution in [1.82, 2.24) is 14.9 Å². The summed E-state index contributed by atoms with van der Waals surface area (Å²) in [5.41, 5.74) is 0. The number of hydrogen-bond donors (Lipinski definition) is 2. The molecule has 1 atom stereocenters. The van der Waals surface area contributed by atoms with Crippen LogP contribution in [-0.4, -0.2) is 56.6 Å². The standard InChI is InChI=1S/C12H23N3O4S/c1-4-20(18,19)14-6-5-13-12(17)10-7-11(16)15(8-10)9(2)3/h9-10,14H,4-8H2,1-3H3,(H,13,17). The van der Waals surface area contributed by atoms with Gasteiger partial charge in [-0.05, 0) is 20.8 Å². The molecule has 0 aromatic heterocycles. The molecule has 1 fully saturated rings. The van der Waals surface area contributed by atoms with Crippen LogP contribution in [0.25, 0.3) is 0 Å². The Kier molecular flexibility index (Phi) is 5.94. The Bertz CT molecular complexity index is 461. The second-order valence-corrected chi connectivity index (χ2v) is 7.23. The Balaban J connectivity index is 2.33.